The molecular formula is C19H22N6O4S2. The number of rotatable bonds is 7. The molecule has 12 heteroatoms. The van der Waals surface area contributed by atoms with Crippen molar-refractivity contribution in [3.8, 4) is 0 Å². The number of esters is 1. The number of aromatic nitrogens is 3. The number of carbonyl (C=O) groups excluding carboxylic acids is 1. The molecule has 0 aliphatic heterocycles. The van der Waals surface area contributed by atoms with Gasteiger partial charge in [-0.2, -0.15) is 5.10 Å². The van der Waals surface area contributed by atoms with Crippen LogP contribution in [0.4, 0.5) is 5.69 Å². The molecule has 2 heterocycles. The average molecular weight is 463 g/mol. The molecule has 31 heavy (non-hydrogen) atoms. The zero-order valence-corrected chi connectivity index (χ0v) is 18.6. The normalized spacial score (nSPS) is 11.3. The lowest BCUT2D eigenvalue weighted by Crippen LogP contribution is -2.30. The third-order valence-corrected chi connectivity index (χ3v) is 5.64. The van der Waals surface area contributed by atoms with E-state index in [0.717, 1.165) is 5.56 Å². The van der Waals surface area contributed by atoms with E-state index >= 15 is 0 Å². The van der Waals surface area contributed by atoms with Crippen molar-refractivity contribution in [3.63, 3.8) is 0 Å². The van der Waals surface area contributed by atoms with Crippen molar-refractivity contribution < 1.29 is 17.9 Å². The maximum atomic E-state index is 12.0. The number of anilines is 1. The summed E-state index contributed by atoms with van der Waals surface area (Å²) >= 11 is 5.33. The van der Waals surface area contributed by atoms with Gasteiger partial charge >= 0.3 is 5.97 Å². The van der Waals surface area contributed by atoms with Gasteiger partial charge in [0.2, 0.25) is 10.0 Å². The molecule has 0 atom stereocenters. The number of ether oxygens (including phenoxy) is 1. The molecule has 3 aromatic rings. The van der Waals surface area contributed by atoms with E-state index < -0.39 is 16.0 Å². The molecule has 0 radical (unpaired) electrons. The summed E-state index contributed by atoms with van der Waals surface area (Å²) < 4.78 is 29.2. The first-order chi connectivity index (χ1) is 14.7. The summed E-state index contributed by atoms with van der Waals surface area (Å²) in [6, 6.07) is 6.35. The van der Waals surface area contributed by atoms with Crippen molar-refractivity contribution in [1.29, 1.82) is 0 Å². The summed E-state index contributed by atoms with van der Waals surface area (Å²) in [5.41, 5.74) is 3.00. The van der Waals surface area contributed by atoms with Crippen LogP contribution >= 0.6 is 12.2 Å². The topological polar surface area (TPSA) is 141 Å². The van der Waals surface area contributed by atoms with Crippen molar-refractivity contribution in [1.82, 2.24) is 19.9 Å². The maximum Gasteiger partial charge on any atom is 0.341 e. The Labute approximate surface area is 184 Å². The molecule has 0 saturated carbocycles. The molecule has 0 unspecified atom stereocenters. The number of sulfonamides is 1. The van der Waals surface area contributed by atoms with Gasteiger partial charge in [0, 0.05) is 12.7 Å². The number of fused-ring (bicyclic) bond motifs is 1. The summed E-state index contributed by atoms with van der Waals surface area (Å²) in [4.78, 5) is 16.4. The van der Waals surface area contributed by atoms with Gasteiger partial charge in [0.05, 0.1) is 29.0 Å². The molecule has 0 amide bonds. The number of hydrogen-bond donors (Lipinski definition) is 3. The summed E-state index contributed by atoms with van der Waals surface area (Å²) in [6.07, 6.45) is 3.66. The molecule has 2 aromatic heterocycles. The highest BCUT2D eigenvalue weighted by Crippen LogP contribution is 2.18. The second-order valence-corrected chi connectivity index (χ2v) is 8.56. The van der Waals surface area contributed by atoms with E-state index in [0.29, 0.717) is 40.7 Å². The zero-order chi connectivity index (χ0) is 22.6. The second-order valence-electron chi connectivity index (χ2n) is 6.59. The Balaban J connectivity index is 1.60. The summed E-state index contributed by atoms with van der Waals surface area (Å²) in [7, 11) is -3.70. The first-order valence-electron chi connectivity index (χ1n) is 9.37. The van der Waals surface area contributed by atoms with Crippen LogP contribution in [0.5, 0.6) is 0 Å². The first-order valence-corrected chi connectivity index (χ1v) is 11.3. The van der Waals surface area contributed by atoms with Gasteiger partial charge in [-0.25, -0.2) is 27.9 Å². The van der Waals surface area contributed by atoms with E-state index in [9.17, 15) is 13.2 Å². The molecule has 164 valence electrons. The highest BCUT2D eigenvalue weighted by Gasteiger charge is 2.16. The second kappa shape index (κ2) is 9.37. The summed E-state index contributed by atoms with van der Waals surface area (Å²) in [5.74, 6) is -0.450. The fraction of sp³-hybridized carbons (Fsp3) is 0.263. The number of aryl methyl sites for hydroxylation is 1. The van der Waals surface area contributed by atoms with Crippen LogP contribution in [0.2, 0.25) is 0 Å². The number of nitrogens with two attached hydrogens (primary N) is 1. The highest BCUT2D eigenvalue weighted by atomic mass is 32.2. The van der Waals surface area contributed by atoms with E-state index in [4.69, 9.17) is 22.1 Å². The Kier molecular flexibility index (Phi) is 6.83. The van der Waals surface area contributed by atoms with E-state index in [1.807, 2.05) is 0 Å². The minimum absolute atomic E-state index is 0.0726. The number of nitrogens with one attached hydrogen (secondary N) is 2. The molecular weight excluding hydrogens is 440 g/mol. The highest BCUT2D eigenvalue weighted by molar-refractivity contribution is 7.89. The largest absolute Gasteiger partial charge is 0.462 e. The number of thiocarbonyl (C=S) groups is 1. The van der Waals surface area contributed by atoms with Gasteiger partial charge in [-0.05, 0) is 50.2 Å². The fourth-order valence-electron chi connectivity index (χ4n) is 2.87. The lowest BCUT2D eigenvalue weighted by atomic mass is 10.1. The number of hydrogen-bond acceptors (Lipinski definition) is 7. The van der Waals surface area contributed by atoms with E-state index in [1.54, 1.807) is 36.7 Å². The number of nitrogens with zero attached hydrogens (tertiary/aromatic N) is 3. The van der Waals surface area contributed by atoms with Gasteiger partial charge in [0.25, 0.3) is 0 Å². The molecule has 0 fully saturated rings. The van der Waals surface area contributed by atoms with Crippen molar-refractivity contribution in [2.24, 2.45) is 5.14 Å². The van der Waals surface area contributed by atoms with Crippen molar-refractivity contribution in [3.05, 3.63) is 53.5 Å². The predicted octanol–water partition coefficient (Wildman–Crippen LogP) is 1.39. The van der Waals surface area contributed by atoms with Gasteiger partial charge in [-0.1, -0.05) is 12.1 Å². The van der Waals surface area contributed by atoms with Gasteiger partial charge in [-0.3, -0.25) is 0 Å². The monoisotopic (exact) mass is 462 g/mol. The molecule has 0 spiro atoms. The average Bonchev–Trinajstić information content (AvgIpc) is 3.11. The summed E-state index contributed by atoms with van der Waals surface area (Å²) in [6.45, 7) is 4.30. The van der Waals surface area contributed by atoms with Crippen LogP contribution in [0.15, 0.2) is 41.6 Å². The Morgan fingerprint density at radius 2 is 1.97 bits per heavy atom. The fourth-order valence-corrected chi connectivity index (χ4v) is 3.60. The Bertz CT molecular complexity index is 1220. The predicted molar refractivity (Wildman–Crippen MR) is 119 cm³/mol. The van der Waals surface area contributed by atoms with Gasteiger partial charge in [-0.15, -0.1) is 0 Å². The van der Waals surface area contributed by atoms with E-state index in [-0.39, 0.29) is 11.5 Å². The Morgan fingerprint density at radius 1 is 1.26 bits per heavy atom. The van der Waals surface area contributed by atoms with E-state index in [2.05, 4.69) is 20.7 Å². The molecule has 10 nitrogen and oxygen atoms in total. The molecule has 0 aliphatic rings. The Morgan fingerprint density at radius 3 is 2.61 bits per heavy atom. The van der Waals surface area contributed by atoms with Crippen molar-refractivity contribution in [2.75, 3.05) is 18.5 Å². The Hall–Kier alpha value is -3.09. The van der Waals surface area contributed by atoms with Crippen molar-refractivity contribution >= 4 is 44.7 Å². The van der Waals surface area contributed by atoms with Gasteiger partial charge in [0.15, 0.2) is 10.8 Å². The van der Waals surface area contributed by atoms with Crippen LogP contribution in [-0.2, 0) is 21.2 Å². The minimum Gasteiger partial charge on any atom is -0.462 e. The quantitative estimate of drug-likeness (QED) is 0.351. The van der Waals surface area contributed by atoms with Gasteiger partial charge < -0.3 is 15.4 Å². The number of benzene rings is 1. The van der Waals surface area contributed by atoms with Crippen LogP contribution in [0.3, 0.4) is 0 Å². The van der Waals surface area contributed by atoms with Crippen molar-refractivity contribution in [2.45, 2.75) is 25.2 Å². The molecule has 1 aromatic carbocycles. The SMILES string of the molecule is CCOC(=O)c1cnc2c(NC(=S)NCCc3ccc(S(N)(=O)=O)cc3)cnn2c1C. The smallest absolute Gasteiger partial charge is 0.341 e. The van der Waals surface area contributed by atoms with Gasteiger partial charge in [0.1, 0.15) is 5.69 Å². The minimum atomic E-state index is -3.70. The van der Waals surface area contributed by atoms with Crippen LogP contribution in [0.25, 0.3) is 5.65 Å². The van der Waals surface area contributed by atoms with Crippen LogP contribution in [0.1, 0.15) is 28.5 Å². The molecule has 0 saturated heterocycles. The molecule has 0 bridgehead atoms. The number of carbonyl (C=O) groups is 1. The van der Waals surface area contributed by atoms with Crippen LogP contribution in [0, 0.1) is 6.92 Å². The van der Waals surface area contributed by atoms with E-state index in [1.165, 1.54) is 18.3 Å². The van der Waals surface area contributed by atoms with Crippen LogP contribution < -0.4 is 15.8 Å². The van der Waals surface area contributed by atoms with Crippen LogP contribution in [-0.4, -0.2) is 47.2 Å². The lowest BCUT2D eigenvalue weighted by molar-refractivity contribution is 0.0524. The third-order valence-electron chi connectivity index (χ3n) is 4.46. The first kappa shape index (κ1) is 22.6. The molecule has 4 N–H and O–H groups in total. The summed E-state index contributed by atoms with van der Waals surface area (Å²) in [5, 5.41) is 15.9. The molecule has 0 aliphatic carbocycles. The lowest BCUT2D eigenvalue weighted by Gasteiger charge is -2.10. The third kappa shape index (κ3) is 5.34. The standard InChI is InChI=1S/C19H22N6O4S2/c1-3-29-18(26)15-10-22-17-16(11-23-25(17)12(15)2)24-19(30)21-9-8-13-4-6-14(7-5-13)31(20,27)28/h4-7,10-11H,3,8-9H2,1-2H3,(H2,20,27,28)(H2,21,24,30). The maximum absolute atomic E-state index is 12.0. The zero-order valence-electron chi connectivity index (χ0n) is 17.0. The molecule has 3 rings (SSSR count). The number of primary sulfonamides is 1.